The van der Waals surface area contributed by atoms with Crippen LogP contribution in [-0.2, 0) is 14.9 Å². The van der Waals surface area contributed by atoms with Gasteiger partial charge in [-0.15, -0.1) is 0 Å². The number of rotatable bonds is 4. The fourth-order valence-electron chi connectivity index (χ4n) is 3.34. The first kappa shape index (κ1) is 17.3. The number of morpholine rings is 1. The van der Waals surface area contributed by atoms with Crippen LogP contribution >= 0.6 is 0 Å². The summed E-state index contributed by atoms with van der Waals surface area (Å²) in [5.74, 6) is -0.676. The fourth-order valence-corrected chi connectivity index (χ4v) is 4.44. The number of carbonyl (C=O) groups is 1. The van der Waals surface area contributed by atoms with E-state index in [-0.39, 0.29) is 18.7 Å². The summed E-state index contributed by atoms with van der Waals surface area (Å²) in [5, 5.41) is 4.16. The lowest BCUT2D eigenvalue weighted by Gasteiger charge is -2.25. The average Bonchev–Trinajstić information content (AvgIpc) is 3.31. The number of nitrogens with one attached hydrogen (secondary N) is 1. The minimum absolute atomic E-state index is 0.233. The molecular formula is C16H21N5O4S. The van der Waals surface area contributed by atoms with Crippen molar-refractivity contribution in [1.82, 2.24) is 18.6 Å². The van der Waals surface area contributed by atoms with Gasteiger partial charge in [-0.25, -0.2) is 9.24 Å². The van der Waals surface area contributed by atoms with Crippen LogP contribution in [0.1, 0.15) is 23.2 Å². The molecule has 0 radical (unpaired) electrons. The first-order valence-electron chi connectivity index (χ1n) is 8.67. The van der Waals surface area contributed by atoms with Gasteiger partial charge in [-0.1, -0.05) is 0 Å². The van der Waals surface area contributed by atoms with Gasteiger partial charge in [-0.3, -0.25) is 4.79 Å². The van der Waals surface area contributed by atoms with E-state index >= 15 is 0 Å². The zero-order valence-electron chi connectivity index (χ0n) is 14.3. The van der Waals surface area contributed by atoms with Crippen LogP contribution in [0.3, 0.4) is 0 Å². The zero-order chi connectivity index (χ0) is 18.1. The molecule has 2 fully saturated rings. The van der Waals surface area contributed by atoms with E-state index in [4.69, 9.17) is 4.74 Å². The Morgan fingerprint density at radius 2 is 1.88 bits per heavy atom. The van der Waals surface area contributed by atoms with Crippen molar-refractivity contribution in [2.75, 3.05) is 44.3 Å². The summed E-state index contributed by atoms with van der Waals surface area (Å²) in [6.45, 7) is 3.08. The molecule has 0 unspecified atom stereocenters. The Morgan fingerprint density at radius 3 is 2.62 bits per heavy atom. The maximum absolute atomic E-state index is 12.6. The molecule has 2 aliphatic rings. The lowest BCUT2D eigenvalue weighted by molar-refractivity contribution is 0.0719. The molecule has 140 valence electrons. The predicted octanol–water partition coefficient (Wildman–Crippen LogP) is 0.241. The number of ether oxygens (including phenoxy) is 1. The van der Waals surface area contributed by atoms with Gasteiger partial charge in [0.25, 0.3) is 5.91 Å². The standard InChI is InChI=1S/C16H21N5O4S/c22-16(18-26(23,24)20-7-9-25-10-8-20)14-12-17-21-6-3-13(11-15(14)21)19-4-1-2-5-19/h3,6,11-12H,1-2,4-5,7-10H2,(H,18,22). The zero-order valence-corrected chi connectivity index (χ0v) is 15.1. The number of fused-ring (bicyclic) bond motifs is 1. The summed E-state index contributed by atoms with van der Waals surface area (Å²) in [4.78, 5) is 14.8. The van der Waals surface area contributed by atoms with E-state index in [0.717, 1.165) is 31.6 Å². The first-order valence-corrected chi connectivity index (χ1v) is 10.1. The molecule has 0 atom stereocenters. The van der Waals surface area contributed by atoms with Gasteiger partial charge >= 0.3 is 10.2 Å². The molecule has 2 aliphatic heterocycles. The summed E-state index contributed by atoms with van der Waals surface area (Å²) >= 11 is 0. The lowest BCUT2D eigenvalue weighted by atomic mass is 10.2. The summed E-state index contributed by atoms with van der Waals surface area (Å²) in [6, 6.07) is 3.84. The molecule has 0 spiro atoms. The van der Waals surface area contributed by atoms with E-state index in [9.17, 15) is 13.2 Å². The minimum Gasteiger partial charge on any atom is -0.379 e. The van der Waals surface area contributed by atoms with E-state index in [1.165, 1.54) is 10.5 Å². The number of carbonyl (C=O) groups excluding carboxylic acids is 1. The second-order valence-electron chi connectivity index (χ2n) is 6.41. The van der Waals surface area contributed by atoms with Gasteiger partial charge < -0.3 is 9.64 Å². The quantitative estimate of drug-likeness (QED) is 0.818. The van der Waals surface area contributed by atoms with Crippen LogP contribution in [0.5, 0.6) is 0 Å². The monoisotopic (exact) mass is 379 g/mol. The Bertz CT molecular complexity index is 914. The molecule has 2 aromatic heterocycles. The van der Waals surface area contributed by atoms with Crippen LogP contribution < -0.4 is 9.62 Å². The molecule has 0 aromatic carbocycles. The van der Waals surface area contributed by atoms with Crippen LogP contribution in [-0.4, -0.2) is 67.6 Å². The molecule has 10 heteroatoms. The van der Waals surface area contributed by atoms with Crippen LogP contribution in [0.15, 0.2) is 24.5 Å². The summed E-state index contributed by atoms with van der Waals surface area (Å²) in [5.41, 5.74) is 1.84. The smallest absolute Gasteiger partial charge is 0.304 e. The fraction of sp³-hybridized carbons (Fsp3) is 0.500. The molecule has 4 heterocycles. The van der Waals surface area contributed by atoms with E-state index in [1.807, 2.05) is 12.1 Å². The van der Waals surface area contributed by atoms with Gasteiger partial charge in [-0.2, -0.15) is 17.8 Å². The van der Waals surface area contributed by atoms with E-state index in [0.29, 0.717) is 18.7 Å². The average molecular weight is 379 g/mol. The molecule has 2 saturated heterocycles. The number of nitrogens with zero attached hydrogens (tertiary/aromatic N) is 4. The van der Waals surface area contributed by atoms with Crippen molar-refractivity contribution in [2.24, 2.45) is 0 Å². The highest BCUT2D eigenvalue weighted by Gasteiger charge is 2.27. The van der Waals surface area contributed by atoms with Crippen LogP contribution in [0.25, 0.3) is 5.52 Å². The second-order valence-corrected chi connectivity index (χ2v) is 8.09. The number of hydrogen-bond acceptors (Lipinski definition) is 6. The van der Waals surface area contributed by atoms with Crippen molar-refractivity contribution in [1.29, 1.82) is 0 Å². The largest absolute Gasteiger partial charge is 0.379 e. The van der Waals surface area contributed by atoms with E-state index in [2.05, 4.69) is 14.7 Å². The highest BCUT2D eigenvalue weighted by atomic mass is 32.2. The molecule has 0 saturated carbocycles. The van der Waals surface area contributed by atoms with Gasteiger partial charge in [-0.05, 0) is 25.0 Å². The van der Waals surface area contributed by atoms with Crippen LogP contribution in [0.2, 0.25) is 0 Å². The molecule has 0 bridgehead atoms. The van der Waals surface area contributed by atoms with Gasteiger partial charge in [0.05, 0.1) is 30.5 Å². The number of aromatic nitrogens is 2. The third kappa shape index (κ3) is 3.27. The molecule has 9 nitrogen and oxygen atoms in total. The minimum atomic E-state index is -3.90. The maximum atomic E-state index is 12.6. The van der Waals surface area contributed by atoms with E-state index < -0.39 is 16.1 Å². The van der Waals surface area contributed by atoms with Crippen LogP contribution in [0, 0.1) is 0 Å². The predicted molar refractivity (Wildman–Crippen MR) is 95.4 cm³/mol. The van der Waals surface area contributed by atoms with Crippen molar-refractivity contribution in [3.8, 4) is 0 Å². The summed E-state index contributed by atoms with van der Waals surface area (Å²) < 4.78 is 34.9. The topological polar surface area (TPSA) is 96.2 Å². The third-order valence-electron chi connectivity index (χ3n) is 4.75. The Morgan fingerprint density at radius 1 is 1.15 bits per heavy atom. The van der Waals surface area contributed by atoms with E-state index in [1.54, 1.807) is 10.7 Å². The summed E-state index contributed by atoms with van der Waals surface area (Å²) in [6.07, 6.45) is 5.48. The molecule has 2 aromatic rings. The maximum Gasteiger partial charge on any atom is 0.304 e. The number of pyridine rings is 1. The molecule has 0 aliphatic carbocycles. The molecule has 1 N–H and O–H groups in total. The van der Waals surface area contributed by atoms with Crippen molar-refractivity contribution in [3.63, 3.8) is 0 Å². The van der Waals surface area contributed by atoms with Crippen molar-refractivity contribution in [2.45, 2.75) is 12.8 Å². The Kier molecular flexibility index (Phi) is 4.55. The van der Waals surface area contributed by atoms with Crippen molar-refractivity contribution in [3.05, 3.63) is 30.1 Å². The Hall–Kier alpha value is -2.17. The molecule has 26 heavy (non-hydrogen) atoms. The normalized spacial score (nSPS) is 19.2. The third-order valence-corrected chi connectivity index (χ3v) is 6.24. The summed E-state index contributed by atoms with van der Waals surface area (Å²) in [7, 11) is -3.90. The molecule has 1 amide bonds. The molecular weight excluding hydrogens is 358 g/mol. The lowest BCUT2D eigenvalue weighted by Crippen LogP contribution is -2.48. The molecule has 4 rings (SSSR count). The highest BCUT2D eigenvalue weighted by molar-refractivity contribution is 7.87. The van der Waals surface area contributed by atoms with Crippen molar-refractivity contribution >= 4 is 27.3 Å². The Balaban J connectivity index is 1.59. The van der Waals surface area contributed by atoms with Crippen molar-refractivity contribution < 1.29 is 17.9 Å². The number of hydrogen-bond donors (Lipinski definition) is 1. The van der Waals surface area contributed by atoms with Gasteiger partial charge in [0.2, 0.25) is 0 Å². The highest BCUT2D eigenvalue weighted by Crippen LogP contribution is 2.23. The number of anilines is 1. The van der Waals surface area contributed by atoms with Gasteiger partial charge in [0.15, 0.2) is 0 Å². The van der Waals surface area contributed by atoms with Crippen LogP contribution in [0.4, 0.5) is 5.69 Å². The first-order chi connectivity index (χ1) is 12.5. The SMILES string of the molecule is O=C(NS(=O)(=O)N1CCOCC1)c1cnn2ccc(N3CCCC3)cc12. The van der Waals surface area contributed by atoms with Gasteiger partial charge in [0.1, 0.15) is 0 Å². The Labute approximate surface area is 151 Å². The second kappa shape index (κ2) is 6.86. The van der Waals surface area contributed by atoms with Gasteiger partial charge in [0, 0.05) is 38.1 Å². The number of amides is 1.